The molecule has 0 bridgehead atoms. The van der Waals surface area contributed by atoms with Crippen molar-refractivity contribution in [3.8, 4) is 5.75 Å². The topological polar surface area (TPSA) is 58.8 Å². The van der Waals surface area contributed by atoms with Crippen molar-refractivity contribution in [2.45, 2.75) is 31.8 Å². The summed E-state index contributed by atoms with van der Waals surface area (Å²) in [7, 11) is 0. The van der Waals surface area contributed by atoms with Crippen LogP contribution in [0.25, 0.3) is 0 Å². The maximum Gasteiger partial charge on any atom is 0.260 e. The van der Waals surface area contributed by atoms with Crippen LogP contribution < -0.4 is 10.5 Å². The lowest BCUT2D eigenvalue weighted by molar-refractivity contribution is -0.138. The maximum atomic E-state index is 12.4. The highest BCUT2D eigenvalue weighted by molar-refractivity contribution is 5.78. The zero-order chi connectivity index (χ0) is 14.8. The van der Waals surface area contributed by atoms with E-state index in [0.29, 0.717) is 17.5 Å². The number of benzene rings is 1. The molecule has 0 radical (unpaired) electrons. The molecule has 0 aromatic heterocycles. The van der Waals surface area contributed by atoms with E-state index in [2.05, 4.69) is 11.8 Å². The number of nitrogen functional groups attached to an aromatic ring is 1. The molecular formula is C16H23N3O2. The number of piperazine rings is 1. The van der Waals surface area contributed by atoms with Crippen molar-refractivity contribution in [1.29, 1.82) is 0 Å². The maximum absolute atomic E-state index is 12.4. The number of hydrogen-bond donors (Lipinski definition) is 1. The van der Waals surface area contributed by atoms with Crippen LogP contribution >= 0.6 is 0 Å². The summed E-state index contributed by atoms with van der Waals surface area (Å²) < 4.78 is 5.58. The lowest BCUT2D eigenvalue weighted by Gasteiger charge is -2.42. The third-order valence-corrected chi connectivity index (χ3v) is 4.48. The van der Waals surface area contributed by atoms with E-state index in [0.717, 1.165) is 13.1 Å². The first-order chi connectivity index (χ1) is 10.1. The summed E-state index contributed by atoms with van der Waals surface area (Å²) >= 11 is 0. The zero-order valence-corrected chi connectivity index (χ0v) is 12.5. The van der Waals surface area contributed by atoms with Crippen LogP contribution in [0, 0.1) is 0 Å². The minimum atomic E-state index is 0.0662. The highest BCUT2D eigenvalue weighted by atomic mass is 16.5. The van der Waals surface area contributed by atoms with Gasteiger partial charge in [0.1, 0.15) is 5.75 Å². The number of ether oxygens (including phenoxy) is 1. The SMILES string of the molecule is CC1CN2CCCC2CN1C(=O)COc1cccc(N)c1. The molecular weight excluding hydrogens is 266 g/mol. The van der Waals surface area contributed by atoms with Gasteiger partial charge in [-0.25, -0.2) is 0 Å². The second-order valence-electron chi connectivity index (χ2n) is 6.05. The number of amides is 1. The van der Waals surface area contributed by atoms with E-state index in [1.54, 1.807) is 12.1 Å². The summed E-state index contributed by atoms with van der Waals surface area (Å²) in [5.74, 6) is 0.715. The number of nitrogens with zero attached hydrogens (tertiary/aromatic N) is 2. The highest BCUT2D eigenvalue weighted by Gasteiger charge is 2.36. The second-order valence-corrected chi connectivity index (χ2v) is 6.05. The minimum absolute atomic E-state index is 0.0662. The number of carbonyl (C=O) groups is 1. The molecule has 1 aromatic carbocycles. The summed E-state index contributed by atoms with van der Waals surface area (Å²) in [5, 5.41) is 0. The van der Waals surface area contributed by atoms with Crippen LogP contribution in [0.15, 0.2) is 24.3 Å². The lowest BCUT2D eigenvalue weighted by atomic mass is 10.1. The first-order valence-electron chi connectivity index (χ1n) is 7.65. The minimum Gasteiger partial charge on any atom is -0.484 e. The predicted molar refractivity (Wildman–Crippen MR) is 82.1 cm³/mol. The highest BCUT2D eigenvalue weighted by Crippen LogP contribution is 2.24. The number of rotatable bonds is 3. The van der Waals surface area contributed by atoms with E-state index < -0.39 is 0 Å². The van der Waals surface area contributed by atoms with E-state index in [-0.39, 0.29) is 18.6 Å². The van der Waals surface area contributed by atoms with Gasteiger partial charge in [0.05, 0.1) is 0 Å². The third kappa shape index (κ3) is 3.13. The smallest absolute Gasteiger partial charge is 0.260 e. The van der Waals surface area contributed by atoms with Crippen LogP contribution in [0.5, 0.6) is 5.75 Å². The van der Waals surface area contributed by atoms with Gasteiger partial charge in [-0.3, -0.25) is 9.69 Å². The van der Waals surface area contributed by atoms with Crippen molar-refractivity contribution in [2.75, 3.05) is 32.0 Å². The summed E-state index contributed by atoms with van der Waals surface area (Å²) in [5.41, 5.74) is 6.35. The average Bonchev–Trinajstić information content (AvgIpc) is 2.91. The van der Waals surface area contributed by atoms with Gasteiger partial charge in [-0.1, -0.05) is 6.07 Å². The third-order valence-electron chi connectivity index (χ3n) is 4.48. The van der Waals surface area contributed by atoms with E-state index in [9.17, 15) is 4.79 Å². The van der Waals surface area contributed by atoms with Gasteiger partial charge in [0, 0.05) is 36.9 Å². The fourth-order valence-corrected chi connectivity index (χ4v) is 3.37. The van der Waals surface area contributed by atoms with E-state index >= 15 is 0 Å². The summed E-state index contributed by atoms with van der Waals surface area (Å²) in [6.45, 7) is 5.19. The molecule has 2 atom stereocenters. The molecule has 1 amide bonds. The molecule has 2 aliphatic rings. The van der Waals surface area contributed by atoms with Crippen LogP contribution in [0.2, 0.25) is 0 Å². The molecule has 5 heteroatoms. The van der Waals surface area contributed by atoms with Crippen molar-refractivity contribution in [2.24, 2.45) is 0 Å². The summed E-state index contributed by atoms with van der Waals surface area (Å²) in [6.07, 6.45) is 2.45. The molecule has 2 fully saturated rings. The van der Waals surface area contributed by atoms with Crippen molar-refractivity contribution in [3.05, 3.63) is 24.3 Å². The molecule has 2 heterocycles. The summed E-state index contributed by atoms with van der Waals surface area (Å²) in [6, 6.07) is 7.99. The first-order valence-corrected chi connectivity index (χ1v) is 7.65. The molecule has 2 unspecified atom stereocenters. The van der Waals surface area contributed by atoms with Crippen molar-refractivity contribution >= 4 is 11.6 Å². The van der Waals surface area contributed by atoms with Gasteiger partial charge in [0.2, 0.25) is 0 Å². The molecule has 21 heavy (non-hydrogen) atoms. The van der Waals surface area contributed by atoms with E-state index in [1.165, 1.54) is 19.4 Å². The van der Waals surface area contributed by atoms with Crippen LogP contribution in [0.1, 0.15) is 19.8 Å². The number of carbonyl (C=O) groups excluding carboxylic acids is 1. The van der Waals surface area contributed by atoms with Crippen molar-refractivity contribution in [3.63, 3.8) is 0 Å². The number of fused-ring (bicyclic) bond motifs is 1. The molecule has 2 aliphatic heterocycles. The lowest BCUT2D eigenvalue weighted by Crippen LogP contribution is -2.57. The molecule has 5 nitrogen and oxygen atoms in total. The normalized spacial score (nSPS) is 25.7. The number of anilines is 1. The summed E-state index contributed by atoms with van der Waals surface area (Å²) in [4.78, 5) is 16.9. The van der Waals surface area contributed by atoms with Gasteiger partial charge < -0.3 is 15.4 Å². The van der Waals surface area contributed by atoms with Crippen LogP contribution in [-0.2, 0) is 4.79 Å². The quantitative estimate of drug-likeness (QED) is 0.853. The van der Waals surface area contributed by atoms with Gasteiger partial charge in [-0.05, 0) is 38.4 Å². The number of nitrogens with two attached hydrogens (primary N) is 1. The molecule has 2 saturated heterocycles. The second kappa shape index (κ2) is 5.93. The van der Waals surface area contributed by atoms with Crippen LogP contribution in [-0.4, -0.2) is 54.0 Å². The molecule has 0 spiro atoms. The van der Waals surface area contributed by atoms with Gasteiger partial charge in [0.15, 0.2) is 6.61 Å². The Morgan fingerprint density at radius 2 is 2.29 bits per heavy atom. The largest absolute Gasteiger partial charge is 0.484 e. The Morgan fingerprint density at radius 1 is 1.43 bits per heavy atom. The number of hydrogen-bond acceptors (Lipinski definition) is 4. The molecule has 114 valence electrons. The Labute approximate surface area is 125 Å². The van der Waals surface area contributed by atoms with Crippen LogP contribution in [0.4, 0.5) is 5.69 Å². The zero-order valence-electron chi connectivity index (χ0n) is 12.5. The Hall–Kier alpha value is -1.75. The Bertz CT molecular complexity index is 520. The monoisotopic (exact) mass is 289 g/mol. The van der Waals surface area contributed by atoms with Crippen molar-refractivity contribution < 1.29 is 9.53 Å². The van der Waals surface area contributed by atoms with Gasteiger partial charge in [-0.15, -0.1) is 0 Å². The van der Waals surface area contributed by atoms with E-state index in [1.807, 2.05) is 17.0 Å². The fourth-order valence-electron chi connectivity index (χ4n) is 3.37. The van der Waals surface area contributed by atoms with Gasteiger partial charge in [-0.2, -0.15) is 0 Å². The molecule has 2 N–H and O–H groups in total. The van der Waals surface area contributed by atoms with E-state index in [4.69, 9.17) is 10.5 Å². The molecule has 0 aliphatic carbocycles. The Balaban J connectivity index is 1.57. The molecule has 0 saturated carbocycles. The van der Waals surface area contributed by atoms with Crippen molar-refractivity contribution in [1.82, 2.24) is 9.80 Å². The average molecular weight is 289 g/mol. The predicted octanol–water partition coefficient (Wildman–Crippen LogP) is 1.34. The van der Waals surface area contributed by atoms with Crippen LogP contribution in [0.3, 0.4) is 0 Å². The Morgan fingerprint density at radius 3 is 3.10 bits per heavy atom. The Kier molecular flexibility index (Phi) is 4.01. The standard InChI is InChI=1S/C16H23N3O2/c1-12-9-18-7-3-5-14(18)10-19(12)16(20)11-21-15-6-2-4-13(17)8-15/h2,4,6,8,12,14H,3,5,7,9-11,17H2,1H3. The first kappa shape index (κ1) is 14.2. The molecule has 1 aromatic rings. The molecule has 3 rings (SSSR count). The van der Waals surface area contributed by atoms with Gasteiger partial charge >= 0.3 is 0 Å². The van der Waals surface area contributed by atoms with Gasteiger partial charge in [0.25, 0.3) is 5.91 Å². The fraction of sp³-hybridized carbons (Fsp3) is 0.562.